The predicted molar refractivity (Wildman–Crippen MR) is 112 cm³/mol. The van der Waals surface area contributed by atoms with Gasteiger partial charge in [0.25, 0.3) is 5.91 Å². The molecule has 0 aliphatic heterocycles. The largest absolute Gasteiger partial charge is 0.295 e. The Hall–Kier alpha value is -3.27. The molecule has 0 bridgehead atoms. The molecule has 1 aliphatic rings. The topological polar surface area (TPSA) is 50.3 Å². The number of carbonyl (C=O) groups excluding carboxylic acids is 2. The van der Waals surface area contributed by atoms with Gasteiger partial charge in [-0.25, -0.2) is 0 Å². The van der Waals surface area contributed by atoms with Crippen molar-refractivity contribution in [1.82, 2.24) is 4.98 Å². The zero-order chi connectivity index (χ0) is 20.1. The molecule has 1 amide bonds. The van der Waals surface area contributed by atoms with Gasteiger partial charge in [0.2, 0.25) is 0 Å². The molecule has 0 radical (unpaired) electrons. The molecule has 0 saturated heterocycles. The Morgan fingerprint density at radius 3 is 2.46 bits per heavy atom. The summed E-state index contributed by atoms with van der Waals surface area (Å²) in [6, 6.07) is 12.7. The number of rotatable bonds is 5. The quantitative estimate of drug-likeness (QED) is 0.685. The standard InChI is InChI=1S/C24H24N2O2/c1-17(2)21-15-20(18(3)23(27)16-21)11-14-26(22-9-12-25-13-10-22)24(28)19-7-5-4-6-8-19/h4-14,21H,1,15-16H2,2-3H3/b14-11+. The molecule has 4 nitrogen and oxygen atoms in total. The highest BCUT2D eigenvalue weighted by atomic mass is 16.2. The first-order valence-corrected chi connectivity index (χ1v) is 9.32. The second-order valence-electron chi connectivity index (χ2n) is 7.09. The van der Waals surface area contributed by atoms with Gasteiger partial charge in [0.1, 0.15) is 0 Å². The minimum atomic E-state index is -0.139. The molecule has 1 aromatic carbocycles. The zero-order valence-corrected chi connectivity index (χ0v) is 16.3. The molecular weight excluding hydrogens is 348 g/mol. The lowest BCUT2D eigenvalue weighted by Gasteiger charge is -2.25. The van der Waals surface area contributed by atoms with E-state index in [1.807, 2.05) is 38.1 Å². The number of amides is 1. The van der Waals surface area contributed by atoms with Crippen LogP contribution in [0.3, 0.4) is 0 Å². The van der Waals surface area contributed by atoms with Crippen molar-refractivity contribution < 1.29 is 9.59 Å². The third-order valence-corrected chi connectivity index (χ3v) is 5.10. The van der Waals surface area contributed by atoms with Gasteiger partial charge < -0.3 is 0 Å². The first kappa shape index (κ1) is 19.5. The van der Waals surface area contributed by atoms with E-state index in [2.05, 4.69) is 11.6 Å². The second-order valence-corrected chi connectivity index (χ2v) is 7.09. The van der Waals surface area contributed by atoms with Gasteiger partial charge in [0.05, 0.1) is 5.69 Å². The van der Waals surface area contributed by atoms with E-state index in [-0.39, 0.29) is 17.6 Å². The highest BCUT2D eigenvalue weighted by molar-refractivity contribution is 6.07. The van der Waals surface area contributed by atoms with Crippen molar-refractivity contribution in [1.29, 1.82) is 0 Å². The molecule has 0 saturated carbocycles. The smallest absolute Gasteiger partial charge is 0.262 e. The van der Waals surface area contributed by atoms with E-state index in [1.165, 1.54) is 0 Å². The summed E-state index contributed by atoms with van der Waals surface area (Å²) in [5.41, 5.74) is 4.03. The fourth-order valence-electron chi connectivity index (χ4n) is 3.25. The summed E-state index contributed by atoms with van der Waals surface area (Å²) < 4.78 is 0. The van der Waals surface area contributed by atoms with Crippen LogP contribution >= 0.6 is 0 Å². The van der Waals surface area contributed by atoms with Crippen molar-refractivity contribution in [3.05, 3.63) is 96.0 Å². The van der Waals surface area contributed by atoms with Crippen LogP contribution in [0.15, 0.2) is 90.4 Å². The Kier molecular flexibility index (Phi) is 5.99. The summed E-state index contributed by atoms with van der Waals surface area (Å²) in [7, 11) is 0. The lowest BCUT2D eigenvalue weighted by atomic mass is 9.80. The molecule has 1 atom stereocenters. The molecule has 142 valence electrons. The van der Waals surface area contributed by atoms with Gasteiger partial charge in [-0.1, -0.05) is 30.4 Å². The minimum absolute atomic E-state index is 0.139. The fourth-order valence-corrected chi connectivity index (χ4v) is 3.25. The fraction of sp³-hybridized carbons (Fsp3) is 0.208. The highest BCUT2D eigenvalue weighted by Crippen LogP contribution is 2.32. The van der Waals surface area contributed by atoms with Crippen molar-refractivity contribution in [3.8, 4) is 0 Å². The van der Waals surface area contributed by atoms with Crippen LogP contribution in [0, 0.1) is 5.92 Å². The number of allylic oxidation sites excluding steroid dienone is 4. The van der Waals surface area contributed by atoms with Gasteiger partial charge >= 0.3 is 0 Å². The maximum atomic E-state index is 13.1. The van der Waals surface area contributed by atoms with E-state index in [4.69, 9.17) is 0 Å². The Labute approximate surface area is 165 Å². The summed E-state index contributed by atoms with van der Waals surface area (Å²) in [4.78, 5) is 31.1. The summed E-state index contributed by atoms with van der Waals surface area (Å²) in [6.07, 6.45) is 8.20. The lowest BCUT2D eigenvalue weighted by Crippen LogP contribution is -2.25. The van der Waals surface area contributed by atoms with Gasteiger partial charge in [0, 0.05) is 30.6 Å². The van der Waals surface area contributed by atoms with Gasteiger partial charge in [-0.2, -0.15) is 0 Å². The van der Waals surface area contributed by atoms with Crippen LogP contribution in [0.25, 0.3) is 0 Å². The maximum Gasteiger partial charge on any atom is 0.262 e. The number of carbonyl (C=O) groups is 2. The molecular formula is C24H24N2O2. The Bertz CT molecular complexity index is 943. The van der Waals surface area contributed by atoms with E-state index in [9.17, 15) is 9.59 Å². The number of Topliss-reactive ketones (excluding diaryl/α,β-unsaturated/α-hetero) is 1. The average molecular weight is 372 g/mol. The van der Waals surface area contributed by atoms with Crippen LogP contribution < -0.4 is 4.90 Å². The zero-order valence-electron chi connectivity index (χ0n) is 16.3. The molecule has 0 N–H and O–H groups in total. The number of ketones is 1. The van der Waals surface area contributed by atoms with Crippen LogP contribution in [0.2, 0.25) is 0 Å². The summed E-state index contributed by atoms with van der Waals surface area (Å²) in [5, 5.41) is 0. The number of pyridine rings is 1. The van der Waals surface area contributed by atoms with Crippen LogP contribution in [0.5, 0.6) is 0 Å². The Morgan fingerprint density at radius 2 is 1.82 bits per heavy atom. The van der Waals surface area contributed by atoms with E-state index in [0.717, 1.165) is 28.8 Å². The monoisotopic (exact) mass is 372 g/mol. The van der Waals surface area contributed by atoms with Crippen LogP contribution in [-0.2, 0) is 4.79 Å². The first-order chi connectivity index (χ1) is 13.5. The van der Waals surface area contributed by atoms with Crippen molar-refractivity contribution in [3.63, 3.8) is 0 Å². The van der Waals surface area contributed by atoms with Crippen LogP contribution in [0.4, 0.5) is 5.69 Å². The van der Waals surface area contributed by atoms with Crippen molar-refractivity contribution >= 4 is 17.4 Å². The van der Waals surface area contributed by atoms with Crippen molar-refractivity contribution in [2.45, 2.75) is 26.7 Å². The molecule has 1 unspecified atom stereocenters. The lowest BCUT2D eigenvalue weighted by molar-refractivity contribution is -0.116. The third kappa shape index (κ3) is 4.34. The molecule has 1 aliphatic carbocycles. The predicted octanol–water partition coefficient (Wildman–Crippen LogP) is 5.11. The van der Waals surface area contributed by atoms with Gasteiger partial charge in [0.15, 0.2) is 5.78 Å². The third-order valence-electron chi connectivity index (χ3n) is 5.10. The van der Waals surface area contributed by atoms with Crippen molar-refractivity contribution in [2.75, 3.05) is 4.90 Å². The van der Waals surface area contributed by atoms with E-state index in [0.29, 0.717) is 12.0 Å². The van der Waals surface area contributed by atoms with Gasteiger partial charge in [-0.15, -0.1) is 0 Å². The number of anilines is 1. The summed E-state index contributed by atoms with van der Waals surface area (Å²) in [6.45, 7) is 7.83. The normalized spacial score (nSPS) is 17.1. The second kappa shape index (κ2) is 8.61. The molecule has 0 spiro atoms. The SMILES string of the molecule is C=C(C)C1CC(=O)C(C)=C(/C=C/N(C(=O)c2ccccc2)c2ccncc2)C1. The number of nitrogens with zero attached hydrogens (tertiary/aromatic N) is 2. The number of hydrogen-bond acceptors (Lipinski definition) is 3. The number of aromatic nitrogens is 1. The van der Waals surface area contributed by atoms with E-state index < -0.39 is 0 Å². The highest BCUT2D eigenvalue weighted by Gasteiger charge is 2.24. The maximum absolute atomic E-state index is 13.1. The molecule has 1 heterocycles. The summed E-state index contributed by atoms with van der Waals surface area (Å²) >= 11 is 0. The average Bonchev–Trinajstić information content (AvgIpc) is 2.72. The molecule has 28 heavy (non-hydrogen) atoms. The number of benzene rings is 1. The number of hydrogen-bond donors (Lipinski definition) is 0. The minimum Gasteiger partial charge on any atom is -0.295 e. The van der Waals surface area contributed by atoms with Crippen molar-refractivity contribution in [2.24, 2.45) is 5.92 Å². The molecule has 1 aromatic heterocycles. The Balaban J connectivity index is 1.95. The molecule has 4 heteroatoms. The van der Waals surface area contributed by atoms with E-state index in [1.54, 1.807) is 47.8 Å². The molecule has 2 aromatic rings. The van der Waals surface area contributed by atoms with Gasteiger partial charge in [-0.05, 0) is 67.7 Å². The van der Waals surface area contributed by atoms with Gasteiger partial charge in [-0.3, -0.25) is 19.5 Å². The Morgan fingerprint density at radius 1 is 1.14 bits per heavy atom. The van der Waals surface area contributed by atoms with Crippen LogP contribution in [-0.4, -0.2) is 16.7 Å². The summed E-state index contributed by atoms with van der Waals surface area (Å²) in [5.74, 6) is 0.152. The van der Waals surface area contributed by atoms with Crippen LogP contribution in [0.1, 0.15) is 37.0 Å². The van der Waals surface area contributed by atoms with E-state index >= 15 is 0 Å². The first-order valence-electron chi connectivity index (χ1n) is 9.32. The molecule has 0 fully saturated rings. The molecule has 3 rings (SSSR count).